The lowest BCUT2D eigenvalue weighted by Gasteiger charge is -2.58. The fourth-order valence-corrected chi connectivity index (χ4v) is 5.60. The van der Waals surface area contributed by atoms with E-state index in [1.807, 2.05) is 13.8 Å². The van der Waals surface area contributed by atoms with Gasteiger partial charge in [0, 0.05) is 19.3 Å². The molecule has 2 heterocycles. The summed E-state index contributed by atoms with van der Waals surface area (Å²) in [5.74, 6) is -0.830. The van der Waals surface area contributed by atoms with Crippen LogP contribution < -0.4 is 0 Å². The Morgan fingerprint density at radius 2 is 2.04 bits per heavy atom. The van der Waals surface area contributed by atoms with Gasteiger partial charge in [-0.15, -0.1) is 0 Å². The third-order valence-corrected chi connectivity index (χ3v) is 7.08. The van der Waals surface area contributed by atoms with E-state index in [9.17, 15) is 14.7 Å². The van der Waals surface area contributed by atoms with Gasteiger partial charge < -0.3 is 24.1 Å². The average molecular weight is 370 g/mol. The Hall–Kier alpha value is -1.44. The molecule has 7 atom stereocenters. The standard InChI is InChI=1S/C19H26O7/c1-10-5-6-18(8-23-11(2)20)13(7-10)26-16-14(22)15(25-12(3)21)17(18,4)19(16)9-24-19/h7,13-16,22H,5-6,8-9H2,1-4H3/t13-,14-,15-,16-,17-,18-,19+/m1/s1/i2+1,3+1,11+1,12+1. The molecule has 4 rings (SSSR count). The third kappa shape index (κ3) is 2.05. The molecule has 0 aromatic rings. The van der Waals surface area contributed by atoms with Crippen molar-refractivity contribution in [3.8, 4) is 0 Å². The fourth-order valence-electron chi connectivity index (χ4n) is 5.60. The Balaban J connectivity index is 1.86. The molecule has 0 radical (unpaired) electrons. The van der Waals surface area contributed by atoms with Gasteiger partial charge in [-0.3, -0.25) is 9.59 Å². The predicted octanol–water partition coefficient (Wildman–Crippen LogP) is 1.12. The molecule has 0 aromatic heterocycles. The first kappa shape index (κ1) is 17.9. The molecule has 3 fully saturated rings. The zero-order valence-corrected chi connectivity index (χ0v) is 15.6. The summed E-state index contributed by atoms with van der Waals surface area (Å²) < 4.78 is 23.3. The van der Waals surface area contributed by atoms with Crippen molar-refractivity contribution in [3.63, 3.8) is 0 Å². The lowest BCUT2D eigenvalue weighted by molar-refractivity contribution is -0.233. The van der Waals surface area contributed by atoms with Crippen LogP contribution in [0.3, 0.4) is 0 Å². The summed E-state index contributed by atoms with van der Waals surface area (Å²) in [5.41, 5.74) is -0.890. The van der Waals surface area contributed by atoms with Gasteiger partial charge in [-0.1, -0.05) is 18.6 Å². The number of esters is 2. The molecule has 7 heteroatoms. The maximum absolute atomic E-state index is 11.8. The summed E-state index contributed by atoms with van der Waals surface area (Å²) in [7, 11) is 0. The predicted molar refractivity (Wildman–Crippen MR) is 89.1 cm³/mol. The lowest BCUT2D eigenvalue weighted by Crippen LogP contribution is -2.66. The Kier molecular flexibility index (Phi) is 3.82. The van der Waals surface area contributed by atoms with Gasteiger partial charge in [0.2, 0.25) is 0 Å². The van der Waals surface area contributed by atoms with Crippen LogP contribution >= 0.6 is 0 Å². The van der Waals surface area contributed by atoms with Crippen molar-refractivity contribution in [3.05, 3.63) is 11.6 Å². The van der Waals surface area contributed by atoms with Crippen molar-refractivity contribution < 1.29 is 33.6 Å². The summed E-state index contributed by atoms with van der Waals surface area (Å²) >= 11 is 0. The maximum atomic E-state index is 11.8. The van der Waals surface area contributed by atoms with Crippen LogP contribution in [0.25, 0.3) is 0 Å². The molecule has 0 aromatic carbocycles. The van der Waals surface area contributed by atoms with Crippen molar-refractivity contribution in [2.75, 3.05) is 13.2 Å². The molecule has 0 amide bonds. The van der Waals surface area contributed by atoms with Gasteiger partial charge in [-0.05, 0) is 19.8 Å². The van der Waals surface area contributed by atoms with Crippen LogP contribution in [-0.2, 0) is 28.5 Å². The van der Waals surface area contributed by atoms with Crippen LogP contribution in [0.4, 0.5) is 0 Å². The van der Waals surface area contributed by atoms with Crippen LogP contribution in [0, 0.1) is 10.8 Å². The molecule has 0 unspecified atom stereocenters. The van der Waals surface area contributed by atoms with E-state index in [1.165, 1.54) is 19.4 Å². The van der Waals surface area contributed by atoms with Gasteiger partial charge in [0.05, 0.1) is 18.1 Å². The van der Waals surface area contributed by atoms with Gasteiger partial charge in [0.25, 0.3) is 0 Å². The molecule has 7 nitrogen and oxygen atoms in total. The first-order valence-corrected chi connectivity index (χ1v) is 9.13. The van der Waals surface area contributed by atoms with Crippen molar-refractivity contribution in [1.82, 2.24) is 0 Å². The van der Waals surface area contributed by atoms with Gasteiger partial charge >= 0.3 is 11.9 Å². The Labute approximate surface area is 152 Å². The number of carbonyl (C=O) groups is 2. The summed E-state index contributed by atoms with van der Waals surface area (Å²) in [6, 6.07) is 0. The second kappa shape index (κ2) is 5.53. The van der Waals surface area contributed by atoms with Crippen LogP contribution in [0.15, 0.2) is 11.6 Å². The molecule has 4 aliphatic rings. The number of aliphatic hydroxyl groups is 1. The number of fused-ring (bicyclic) bond motifs is 2. The normalized spacial score (nSPS) is 48.6. The van der Waals surface area contributed by atoms with Gasteiger partial charge in [0.15, 0.2) is 0 Å². The highest BCUT2D eigenvalue weighted by atomic mass is 16.7. The van der Waals surface area contributed by atoms with E-state index in [-0.39, 0.29) is 18.7 Å². The minimum atomic E-state index is -0.986. The largest absolute Gasteiger partial charge is 0.465 e. The third-order valence-electron chi connectivity index (χ3n) is 7.08. The average Bonchev–Trinajstić information content (AvgIpc) is 3.34. The molecular formula is C19H26O7. The molecule has 144 valence electrons. The topological polar surface area (TPSA) is 94.6 Å². The second-order valence-electron chi connectivity index (χ2n) is 8.33. The number of aliphatic hydroxyl groups excluding tert-OH is 1. The minimum absolute atomic E-state index is 0.135. The highest BCUT2D eigenvalue weighted by Crippen LogP contribution is 2.72. The fraction of sp³-hybridized carbons (Fsp3) is 0.789. The van der Waals surface area contributed by atoms with E-state index in [1.54, 1.807) is 0 Å². The van der Waals surface area contributed by atoms with E-state index in [0.29, 0.717) is 13.0 Å². The van der Waals surface area contributed by atoms with Gasteiger partial charge in [-0.2, -0.15) is 0 Å². The van der Waals surface area contributed by atoms with Crippen molar-refractivity contribution in [2.24, 2.45) is 10.8 Å². The maximum Gasteiger partial charge on any atom is 0.303 e. The first-order chi connectivity index (χ1) is 12.2. The zero-order valence-electron chi connectivity index (χ0n) is 15.6. The molecule has 1 N–H and O–H groups in total. The van der Waals surface area contributed by atoms with Crippen molar-refractivity contribution in [1.29, 1.82) is 0 Å². The van der Waals surface area contributed by atoms with E-state index in [0.717, 1.165) is 6.42 Å². The highest BCUT2D eigenvalue weighted by Gasteiger charge is 2.85. The molecule has 26 heavy (non-hydrogen) atoms. The minimum Gasteiger partial charge on any atom is -0.465 e. The van der Waals surface area contributed by atoms with E-state index >= 15 is 0 Å². The number of carbonyl (C=O) groups excluding carboxylic acids is 2. The van der Waals surface area contributed by atoms with Gasteiger partial charge in [0.1, 0.15) is 30.5 Å². The molecule has 2 saturated heterocycles. The number of hydrogen-bond acceptors (Lipinski definition) is 7. The molecule has 1 spiro atoms. The second-order valence-corrected chi connectivity index (χ2v) is 8.33. The molecule has 2 aliphatic carbocycles. The van der Waals surface area contributed by atoms with Crippen LogP contribution in [0.5, 0.6) is 0 Å². The molecule has 1 saturated carbocycles. The van der Waals surface area contributed by atoms with Crippen LogP contribution in [-0.4, -0.2) is 60.3 Å². The Morgan fingerprint density at radius 1 is 1.35 bits per heavy atom. The number of ether oxygens (including phenoxy) is 4. The first-order valence-electron chi connectivity index (χ1n) is 9.13. The number of epoxide rings is 1. The highest BCUT2D eigenvalue weighted by molar-refractivity contribution is 5.67. The van der Waals surface area contributed by atoms with Crippen LogP contribution in [0.2, 0.25) is 0 Å². The number of hydrogen-bond donors (Lipinski definition) is 1. The number of allylic oxidation sites excluding steroid dienone is 1. The van der Waals surface area contributed by atoms with E-state index < -0.39 is 40.7 Å². The SMILES string of the molecule is CC1=C[C@H]2O[C@@H]3[C@H](O)[C@@H](O[13C]([13CH3])=O)[C@](C)([C@@]2(CO[13C]([13CH3])=O)CC1)[C@]31CO1. The molecular weight excluding hydrogens is 344 g/mol. The lowest BCUT2D eigenvalue weighted by atomic mass is 9.51. The monoisotopic (exact) mass is 370 g/mol. The van der Waals surface area contributed by atoms with Crippen LogP contribution in [0.1, 0.15) is 40.5 Å². The van der Waals surface area contributed by atoms with Crippen molar-refractivity contribution in [2.45, 2.75) is 70.6 Å². The summed E-state index contributed by atoms with van der Waals surface area (Å²) in [6.07, 6.45) is 0.896. The summed E-state index contributed by atoms with van der Waals surface area (Å²) in [5, 5.41) is 10.9. The molecule has 2 bridgehead atoms. The smallest absolute Gasteiger partial charge is 0.303 e. The van der Waals surface area contributed by atoms with E-state index in [2.05, 4.69) is 6.08 Å². The van der Waals surface area contributed by atoms with E-state index in [4.69, 9.17) is 18.9 Å². The molecule has 2 aliphatic heterocycles. The quantitative estimate of drug-likeness (QED) is 0.344. The summed E-state index contributed by atoms with van der Waals surface area (Å²) in [4.78, 5) is 23.4. The summed E-state index contributed by atoms with van der Waals surface area (Å²) in [6.45, 7) is 7.31. The van der Waals surface area contributed by atoms with Crippen molar-refractivity contribution >= 4 is 11.9 Å². The number of rotatable bonds is 3. The zero-order chi connectivity index (χ0) is 18.9. The van der Waals surface area contributed by atoms with Gasteiger partial charge in [-0.25, -0.2) is 0 Å². The Bertz CT molecular complexity index is 681. The Morgan fingerprint density at radius 3 is 2.62 bits per heavy atom.